The highest BCUT2D eigenvalue weighted by atomic mass is 16.5. The molecule has 1 saturated heterocycles. The van der Waals surface area contributed by atoms with Crippen LogP contribution < -0.4 is 9.47 Å². The first-order valence-corrected chi connectivity index (χ1v) is 12.2. The molecular formula is C30H31NO4. The average molecular weight is 470 g/mol. The van der Waals surface area contributed by atoms with Gasteiger partial charge in [0.25, 0.3) is 0 Å². The van der Waals surface area contributed by atoms with Gasteiger partial charge in [0.15, 0.2) is 11.5 Å². The Labute approximate surface area is 206 Å². The third kappa shape index (κ3) is 2.65. The molecule has 1 amide bonds. The molecule has 3 aromatic carbocycles. The van der Waals surface area contributed by atoms with Crippen molar-refractivity contribution in [2.45, 2.75) is 30.4 Å². The molecule has 0 radical (unpaired) electrons. The number of ether oxygens (including phenoxy) is 3. The van der Waals surface area contributed by atoms with E-state index in [4.69, 9.17) is 14.2 Å². The first-order chi connectivity index (χ1) is 17.0. The first kappa shape index (κ1) is 22.2. The number of nitrogens with zero attached hydrogens (tertiary/aromatic N) is 1. The normalized spacial score (nSPS) is 28.8. The van der Waals surface area contributed by atoms with Gasteiger partial charge in [-0.25, -0.2) is 0 Å². The molecule has 3 aliphatic carbocycles. The Morgan fingerprint density at radius 1 is 0.857 bits per heavy atom. The molecule has 35 heavy (non-hydrogen) atoms. The molecule has 0 spiro atoms. The zero-order chi connectivity index (χ0) is 24.5. The summed E-state index contributed by atoms with van der Waals surface area (Å²) in [5, 5.41) is 0. The number of methoxy groups -OCH3 is 3. The molecular weight excluding hydrogens is 438 g/mol. The molecule has 0 unspecified atom stereocenters. The van der Waals surface area contributed by atoms with E-state index in [0.29, 0.717) is 11.5 Å². The number of amides is 1. The van der Waals surface area contributed by atoms with E-state index in [1.807, 2.05) is 24.1 Å². The lowest BCUT2D eigenvalue weighted by Gasteiger charge is -2.57. The van der Waals surface area contributed by atoms with E-state index in [2.05, 4.69) is 61.5 Å². The van der Waals surface area contributed by atoms with Crippen LogP contribution in [0.1, 0.15) is 46.7 Å². The van der Waals surface area contributed by atoms with Crippen LogP contribution in [-0.4, -0.2) is 45.3 Å². The van der Waals surface area contributed by atoms with Gasteiger partial charge in [-0.1, -0.05) is 54.6 Å². The molecule has 1 heterocycles. The van der Waals surface area contributed by atoms with E-state index >= 15 is 0 Å². The van der Waals surface area contributed by atoms with Crippen molar-refractivity contribution in [2.75, 3.05) is 28.4 Å². The summed E-state index contributed by atoms with van der Waals surface area (Å²) in [4.78, 5) is 16.2. The van der Waals surface area contributed by atoms with Crippen LogP contribution in [0.2, 0.25) is 0 Å². The molecule has 0 saturated carbocycles. The van der Waals surface area contributed by atoms with Crippen LogP contribution in [0.25, 0.3) is 0 Å². The Morgan fingerprint density at radius 3 is 2.03 bits per heavy atom. The van der Waals surface area contributed by atoms with E-state index in [1.165, 1.54) is 22.3 Å². The molecule has 0 N–H and O–H groups in total. The second-order valence-electron chi connectivity index (χ2n) is 9.96. The second kappa shape index (κ2) is 7.85. The summed E-state index contributed by atoms with van der Waals surface area (Å²) < 4.78 is 17.2. The Morgan fingerprint density at radius 2 is 1.46 bits per heavy atom. The standard InChI is InChI=1S/C30H31NO4/c1-17(33-3)30-21-12-8-6-10-19(21)25(20-11-7-9-13-22(20)30)26-27(30)29(32)31(2)28(26)18-14-15-23(34-4)24(16-18)35-5/h6-17,25-28H,1-5H3/t17-,25?,26-,27+,28+,30?/m1/s1. The van der Waals surface area contributed by atoms with Crippen LogP contribution >= 0.6 is 0 Å². The van der Waals surface area contributed by atoms with E-state index in [9.17, 15) is 4.79 Å². The zero-order valence-corrected chi connectivity index (χ0v) is 20.8. The topological polar surface area (TPSA) is 48.0 Å². The molecule has 1 aliphatic heterocycles. The van der Waals surface area contributed by atoms with Gasteiger partial charge in [-0.2, -0.15) is 0 Å². The van der Waals surface area contributed by atoms with Crippen molar-refractivity contribution >= 4 is 5.91 Å². The lowest BCUT2D eigenvalue weighted by molar-refractivity contribution is -0.135. The van der Waals surface area contributed by atoms with Gasteiger partial charge in [-0.3, -0.25) is 4.79 Å². The average Bonchev–Trinajstić information content (AvgIpc) is 3.18. The summed E-state index contributed by atoms with van der Waals surface area (Å²) in [5.74, 6) is 1.49. The van der Waals surface area contributed by atoms with Crippen molar-refractivity contribution in [3.05, 3.63) is 94.5 Å². The molecule has 7 rings (SSSR count). The third-order valence-electron chi connectivity index (χ3n) is 8.88. The molecule has 4 aliphatic rings. The van der Waals surface area contributed by atoms with E-state index in [-0.39, 0.29) is 35.8 Å². The van der Waals surface area contributed by atoms with Crippen molar-refractivity contribution in [2.24, 2.45) is 11.8 Å². The molecule has 4 atom stereocenters. The van der Waals surface area contributed by atoms with Crippen LogP contribution in [0.5, 0.6) is 11.5 Å². The highest BCUT2D eigenvalue weighted by Gasteiger charge is 2.69. The quantitative estimate of drug-likeness (QED) is 0.532. The molecule has 5 nitrogen and oxygen atoms in total. The van der Waals surface area contributed by atoms with Gasteiger partial charge in [-0.05, 0) is 46.9 Å². The predicted molar refractivity (Wildman–Crippen MR) is 134 cm³/mol. The molecule has 1 fully saturated rings. The summed E-state index contributed by atoms with van der Waals surface area (Å²) in [5.41, 5.74) is 5.59. The fraction of sp³-hybridized carbons (Fsp3) is 0.367. The molecule has 180 valence electrons. The fourth-order valence-corrected chi connectivity index (χ4v) is 7.55. The Hall–Kier alpha value is -3.31. The summed E-state index contributed by atoms with van der Waals surface area (Å²) >= 11 is 0. The van der Waals surface area contributed by atoms with Crippen molar-refractivity contribution in [3.63, 3.8) is 0 Å². The lowest BCUT2D eigenvalue weighted by Crippen LogP contribution is -2.58. The smallest absolute Gasteiger partial charge is 0.227 e. The maximum Gasteiger partial charge on any atom is 0.227 e. The highest BCUT2D eigenvalue weighted by molar-refractivity contribution is 5.88. The van der Waals surface area contributed by atoms with Crippen molar-refractivity contribution < 1.29 is 19.0 Å². The van der Waals surface area contributed by atoms with Crippen LogP contribution in [-0.2, 0) is 14.9 Å². The van der Waals surface area contributed by atoms with Gasteiger partial charge in [0.2, 0.25) is 5.91 Å². The van der Waals surface area contributed by atoms with Crippen LogP contribution in [0, 0.1) is 11.8 Å². The summed E-state index contributed by atoms with van der Waals surface area (Å²) in [7, 11) is 7.00. The number of carbonyl (C=O) groups is 1. The Bertz CT molecular complexity index is 1270. The van der Waals surface area contributed by atoms with Crippen LogP contribution in [0.15, 0.2) is 66.7 Å². The SMILES string of the molecule is COc1ccc([C@H]2[C@@H]3C4c5ccccc5C([C@@H](C)OC)(c5ccccc54)[C@@H]3C(=O)N2C)cc1OC. The zero-order valence-electron chi connectivity index (χ0n) is 20.8. The maximum absolute atomic E-state index is 14.3. The third-order valence-corrected chi connectivity index (χ3v) is 8.88. The van der Waals surface area contributed by atoms with Crippen LogP contribution in [0.4, 0.5) is 0 Å². The lowest BCUT2D eigenvalue weighted by atomic mass is 9.45. The van der Waals surface area contributed by atoms with Crippen LogP contribution in [0.3, 0.4) is 0 Å². The van der Waals surface area contributed by atoms with E-state index in [1.54, 1.807) is 21.3 Å². The Kier molecular flexibility index (Phi) is 4.98. The van der Waals surface area contributed by atoms with Gasteiger partial charge < -0.3 is 19.1 Å². The Balaban J connectivity index is 1.65. The largest absolute Gasteiger partial charge is 0.493 e. The number of hydrogen-bond donors (Lipinski definition) is 0. The molecule has 2 bridgehead atoms. The fourth-order valence-electron chi connectivity index (χ4n) is 7.55. The second-order valence-corrected chi connectivity index (χ2v) is 9.96. The van der Waals surface area contributed by atoms with Crippen molar-refractivity contribution in [1.29, 1.82) is 0 Å². The summed E-state index contributed by atoms with van der Waals surface area (Å²) in [6.45, 7) is 2.12. The minimum Gasteiger partial charge on any atom is -0.493 e. The van der Waals surface area contributed by atoms with Gasteiger partial charge in [0.05, 0.1) is 37.7 Å². The molecule has 3 aromatic rings. The highest BCUT2D eigenvalue weighted by Crippen LogP contribution is 2.68. The predicted octanol–water partition coefficient (Wildman–Crippen LogP) is 4.93. The van der Waals surface area contributed by atoms with Gasteiger partial charge >= 0.3 is 0 Å². The van der Waals surface area contributed by atoms with E-state index < -0.39 is 5.41 Å². The van der Waals surface area contributed by atoms with Crippen molar-refractivity contribution in [1.82, 2.24) is 4.90 Å². The number of likely N-dealkylation sites (tertiary alicyclic amines) is 1. The number of carbonyl (C=O) groups excluding carboxylic acids is 1. The van der Waals surface area contributed by atoms with Crippen molar-refractivity contribution in [3.8, 4) is 11.5 Å². The van der Waals surface area contributed by atoms with Gasteiger partial charge in [0.1, 0.15) is 0 Å². The van der Waals surface area contributed by atoms with Gasteiger partial charge in [0, 0.05) is 26.0 Å². The summed E-state index contributed by atoms with van der Waals surface area (Å²) in [6, 6.07) is 23.3. The minimum absolute atomic E-state index is 0.0630. The number of benzene rings is 3. The van der Waals surface area contributed by atoms with E-state index in [0.717, 1.165) is 5.56 Å². The summed E-state index contributed by atoms with van der Waals surface area (Å²) in [6.07, 6.45) is -0.181. The first-order valence-electron chi connectivity index (χ1n) is 12.2. The minimum atomic E-state index is -0.558. The number of hydrogen-bond acceptors (Lipinski definition) is 4. The maximum atomic E-state index is 14.3. The van der Waals surface area contributed by atoms with Gasteiger partial charge in [-0.15, -0.1) is 0 Å². The molecule has 0 aromatic heterocycles. The monoisotopic (exact) mass is 469 g/mol. The molecule has 5 heteroatoms. The number of rotatable bonds is 5.